The molecule has 0 aliphatic heterocycles. The van der Waals surface area contributed by atoms with E-state index < -0.39 is 0 Å². The molecule has 0 bridgehead atoms. The molecule has 1 aromatic carbocycles. The van der Waals surface area contributed by atoms with Gasteiger partial charge in [0.15, 0.2) is 0 Å². The van der Waals surface area contributed by atoms with E-state index in [-0.39, 0.29) is 0 Å². The molecule has 2 nitrogen and oxygen atoms in total. The molecule has 2 heteroatoms. The largest absolute Gasteiger partial charge is 0.496 e. The van der Waals surface area contributed by atoms with Crippen LogP contribution in [0.25, 0.3) is 0 Å². The standard InChI is InChI=1S/C18H31NO/c1-5-8-17(19-13-6-2)10-7-9-16-14-15(3)11-12-18(16)20-4/h11-12,14,17,19H,5-10,13H2,1-4H3. The van der Waals surface area contributed by atoms with Crippen LogP contribution in [0.5, 0.6) is 5.75 Å². The highest BCUT2D eigenvalue weighted by Gasteiger charge is 2.08. The lowest BCUT2D eigenvalue weighted by molar-refractivity contribution is 0.405. The Hall–Kier alpha value is -1.02. The van der Waals surface area contributed by atoms with Gasteiger partial charge >= 0.3 is 0 Å². The maximum Gasteiger partial charge on any atom is 0.122 e. The molecule has 0 radical (unpaired) electrons. The highest BCUT2D eigenvalue weighted by molar-refractivity contribution is 5.36. The van der Waals surface area contributed by atoms with Crippen molar-refractivity contribution in [2.24, 2.45) is 0 Å². The van der Waals surface area contributed by atoms with E-state index in [0.717, 1.165) is 18.7 Å². The Balaban J connectivity index is 2.47. The van der Waals surface area contributed by atoms with Gasteiger partial charge in [0, 0.05) is 6.04 Å². The summed E-state index contributed by atoms with van der Waals surface area (Å²) in [6.07, 6.45) is 7.34. The third-order valence-electron chi connectivity index (χ3n) is 3.75. The first-order valence-electron chi connectivity index (χ1n) is 8.08. The summed E-state index contributed by atoms with van der Waals surface area (Å²) < 4.78 is 5.45. The molecular weight excluding hydrogens is 246 g/mol. The normalized spacial score (nSPS) is 12.4. The topological polar surface area (TPSA) is 21.3 Å². The molecule has 0 saturated carbocycles. The summed E-state index contributed by atoms with van der Waals surface area (Å²) in [7, 11) is 1.76. The van der Waals surface area contributed by atoms with Crippen LogP contribution in [0.15, 0.2) is 18.2 Å². The Kier molecular flexibility index (Phi) is 8.36. The van der Waals surface area contributed by atoms with Crippen molar-refractivity contribution in [2.45, 2.75) is 65.3 Å². The molecule has 1 aromatic rings. The van der Waals surface area contributed by atoms with Gasteiger partial charge in [-0.15, -0.1) is 0 Å². The lowest BCUT2D eigenvalue weighted by Gasteiger charge is -2.18. The number of hydrogen-bond acceptors (Lipinski definition) is 2. The Bertz CT molecular complexity index is 376. The number of hydrogen-bond donors (Lipinski definition) is 1. The zero-order chi connectivity index (χ0) is 14.8. The van der Waals surface area contributed by atoms with Crippen LogP contribution in [-0.4, -0.2) is 19.7 Å². The molecule has 0 heterocycles. The second-order valence-electron chi connectivity index (χ2n) is 5.65. The Morgan fingerprint density at radius 2 is 1.95 bits per heavy atom. The van der Waals surface area contributed by atoms with E-state index in [2.05, 4.69) is 44.3 Å². The molecule has 0 spiro atoms. The molecule has 1 unspecified atom stereocenters. The van der Waals surface area contributed by atoms with Gasteiger partial charge in [-0.2, -0.15) is 0 Å². The van der Waals surface area contributed by atoms with Crippen LogP contribution in [0.1, 0.15) is 57.1 Å². The van der Waals surface area contributed by atoms with Crippen LogP contribution in [-0.2, 0) is 6.42 Å². The van der Waals surface area contributed by atoms with Crippen molar-refractivity contribution in [3.63, 3.8) is 0 Å². The third-order valence-corrected chi connectivity index (χ3v) is 3.75. The van der Waals surface area contributed by atoms with Gasteiger partial charge in [-0.05, 0) is 57.2 Å². The number of benzene rings is 1. The zero-order valence-electron chi connectivity index (χ0n) is 13.7. The minimum absolute atomic E-state index is 0.677. The molecule has 20 heavy (non-hydrogen) atoms. The zero-order valence-corrected chi connectivity index (χ0v) is 13.7. The van der Waals surface area contributed by atoms with E-state index in [9.17, 15) is 0 Å². The molecule has 0 fully saturated rings. The first kappa shape index (κ1) is 17.0. The molecule has 1 N–H and O–H groups in total. The predicted octanol–water partition coefficient (Wildman–Crippen LogP) is 4.49. The molecule has 1 atom stereocenters. The number of methoxy groups -OCH3 is 1. The van der Waals surface area contributed by atoms with Gasteiger partial charge in [0.05, 0.1) is 7.11 Å². The fourth-order valence-electron chi connectivity index (χ4n) is 2.69. The minimum atomic E-state index is 0.677. The fraction of sp³-hybridized carbons (Fsp3) is 0.667. The van der Waals surface area contributed by atoms with Gasteiger partial charge in [-0.3, -0.25) is 0 Å². The van der Waals surface area contributed by atoms with Crippen molar-refractivity contribution in [1.82, 2.24) is 5.32 Å². The van der Waals surface area contributed by atoms with Crippen LogP contribution in [0, 0.1) is 6.92 Å². The van der Waals surface area contributed by atoms with Gasteiger partial charge in [0.25, 0.3) is 0 Å². The van der Waals surface area contributed by atoms with E-state index in [1.807, 2.05) is 0 Å². The summed E-state index contributed by atoms with van der Waals surface area (Å²) in [4.78, 5) is 0. The van der Waals surface area contributed by atoms with Gasteiger partial charge in [-0.1, -0.05) is 38.0 Å². The van der Waals surface area contributed by atoms with Crippen molar-refractivity contribution in [1.29, 1.82) is 0 Å². The maximum absolute atomic E-state index is 5.45. The average molecular weight is 277 g/mol. The molecule has 1 rings (SSSR count). The van der Waals surface area contributed by atoms with E-state index >= 15 is 0 Å². The molecule has 0 amide bonds. The lowest BCUT2D eigenvalue weighted by Crippen LogP contribution is -2.29. The second kappa shape index (κ2) is 9.82. The van der Waals surface area contributed by atoms with Crippen LogP contribution >= 0.6 is 0 Å². The van der Waals surface area contributed by atoms with Crippen molar-refractivity contribution in [2.75, 3.05) is 13.7 Å². The molecule has 0 aliphatic rings. The first-order chi connectivity index (χ1) is 9.71. The first-order valence-corrected chi connectivity index (χ1v) is 8.08. The minimum Gasteiger partial charge on any atom is -0.496 e. The summed E-state index contributed by atoms with van der Waals surface area (Å²) in [6, 6.07) is 7.14. The Morgan fingerprint density at radius 1 is 1.15 bits per heavy atom. The summed E-state index contributed by atoms with van der Waals surface area (Å²) in [6.45, 7) is 7.78. The number of ether oxygens (including phenoxy) is 1. The van der Waals surface area contributed by atoms with Crippen LogP contribution < -0.4 is 10.1 Å². The van der Waals surface area contributed by atoms with E-state index in [4.69, 9.17) is 4.74 Å². The van der Waals surface area contributed by atoms with Gasteiger partial charge in [-0.25, -0.2) is 0 Å². The molecule has 0 saturated heterocycles. The maximum atomic E-state index is 5.45. The highest BCUT2D eigenvalue weighted by Crippen LogP contribution is 2.22. The lowest BCUT2D eigenvalue weighted by atomic mass is 10.00. The number of rotatable bonds is 10. The van der Waals surface area contributed by atoms with Gasteiger partial charge in [0.2, 0.25) is 0 Å². The summed E-state index contributed by atoms with van der Waals surface area (Å²) in [5, 5.41) is 3.67. The van der Waals surface area contributed by atoms with Gasteiger partial charge < -0.3 is 10.1 Å². The number of aryl methyl sites for hydroxylation is 2. The van der Waals surface area contributed by atoms with E-state index in [1.54, 1.807) is 7.11 Å². The molecule has 114 valence electrons. The van der Waals surface area contributed by atoms with Crippen LogP contribution in [0.2, 0.25) is 0 Å². The smallest absolute Gasteiger partial charge is 0.122 e. The van der Waals surface area contributed by atoms with Crippen molar-refractivity contribution in [3.05, 3.63) is 29.3 Å². The highest BCUT2D eigenvalue weighted by atomic mass is 16.5. The summed E-state index contributed by atoms with van der Waals surface area (Å²) in [5.41, 5.74) is 2.66. The van der Waals surface area contributed by atoms with Crippen molar-refractivity contribution < 1.29 is 4.74 Å². The fourth-order valence-corrected chi connectivity index (χ4v) is 2.69. The Labute approximate surface area is 124 Å². The van der Waals surface area contributed by atoms with Crippen LogP contribution in [0.4, 0.5) is 0 Å². The average Bonchev–Trinajstić information content (AvgIpc) is 2.45. The van der Waals surface area contributed by atoms with Gasteiger partial charge in [0.1, 0.15) is 5.75 Å². The molecular formula is C18H31NO. The van der Waals surface area contributed by atoms with E-state index in [0.29, 0.717) is 6.04 Å². The number of nitrogens with one attached hydrogen (secondary N) is 1. The SMILES string of the molecule is CCCNC(CCC)CCCc1cc(C)ccc1OC. The van der Waals surface area contributed by atoms with E-state index in [1.165, 1.54) is 43.2 Å². The predicted molar refractivity (Wildman–Crippen MR) is 87.7 cm³/mol. The molecule has 0 aliphatic carbocycles. The summed E-state index contributed by atoms with van der Waals surface area (Å²) >= 11 is 0. The van der Waals surface area contributed by atoms with Crippen molar-refractivity contribution in [3.8, 4) is 5.75 Å². The third kappa shape index (κ3) is 5.96. The second-order valence-corrected chi connectivity index (χ2v) is 5.65. The van der Waals surface area contributed by atoms with Crippen molar-refractivity contribution >= 4 is 0 Å². The quantitative estimate of drug-likeness (QED) is 0.680. The Morgan fingerprint density at radius 3 is 2.60 bits per heavy atom. The molecule has 0 aromatic heterocycles. The monoisotopic (exact) mass is 277 g/mol. The van der Waals surface area contributed by atoms with Crippen LogP contribution in [0.3, 0.4) is 0 Å². The summed E-state index contributed by atoms with van der Waals surface area (Å²) in [5.74, 6) is 1.03.